The van der Waals surface area contributed by atoms with E-state index in [9.17, 15) is 19.1 Å². The van der Waals surface area contributed by atoms with E-state index < -0.39 is 29.2 Å². The standard InChI is InChI=1S/C9H11FN2O4/c10-5-2-12(9(16)11-8(5)15)6-1-4(3-13)7(6)14/h2,4,6-7,13-14H,1,3H2,(H,11,15,16). The summed E-state index contributed by atoms with van der Waals surface area (Å²) in [7, 11) is 0. The Morgan fingerprint density at radius 3 is 2.81 bits per heavy atom. The van der Waals surface area contributed by atoms with Crippen molar-refractivity contribution in [3.63, 3.8) is 0 Å². The summed E-state index contributed by atoms with van der Waals surface area (Å²) >= 11 is 0. The molecule has 1 heterocycles. The Labute approximate surface area is 89.0 Å². The van der Waals surface area contributed by atoms with Crippen molar-refractivity contribution in [3.8, 4) is 0 Å². The highest BCUT2D eigenvalue weighted by Gasteiger charge is 2.41. The zero-order valence-electron chi connectivity index (χ0n) is 8.26. The van der Waals surface area contributed by atoms with Gasteiger partial charge in [0.2, 0.25) is 5.82 Å². The number of aromatic nitrogens is 2. The first-order valence-electron chi connectivity index (χ1n) is 4.84. The molecule has 1 aliphatic rings. The molecule has 3 N–H and O–H groups in total. The Morgan fingerprint density at radius 1 is 1.56 bits per heavy atom. The van der Waals surface area contributed by atoms with Gasteiger partial charge in [-0.25, -0.2) is 4.79 Å². The summed E-state index contributed by atoms with van der Waals surface area (Å²) in [5.41, 5.74) is -1.83. The average Bonchev–Trinajstić information content (AvgIpc) is 2.24. The first-order valence-corrected chi connectivity index (χ1v) is 4.84. The van der Waals surface area contributed by atoms with Gasteiger partial charge in [-0.2, -0.15) is 4.39 Å². The van der Waals surface area contributed by atoms with E-state index in [1.165, 1.54) is 0 Å². The molecule has 88 valence electrons. The number of hydrogen-bond donors (Lipinski definition) is 3. The highest BCUT2D eigenvalue weighted by atomic mass is 19.1. The number of H-pyrrole nitrogens is 1. The molecular weight excluding hydrogens is 219 g/mol. The molecule has 3 unspecified atom stereocenters. The third-order valence-electron chi connectivity index (χ3n) is 2.94. The molecule has 0 aliphatic heterocycles. The zero-order valence-corrected chi connectivity index (χ0v) is 8.26. The number of nitrogens with one attached hydrogen (secondary N) is 1. The smallest absolute Gasteiger partial charge is 0.328 e. The number of aromatic amines is 1. The SMILES string of the molecule is O=c1[nH]c(=O)n(C2CC(CO)C2O)cc1F. The van der Waals surface area contributed by atoms with Crippen molar-refractivity contribution in [2.75, 3.05) is 6.61 Å². The van der Waals surface area contributed by atoms with Gasteiger partial charge in [-0.1, -0.05) is 0 Å². The summed E-state index contributed by atoms with van der Waals surface area (Å²) < 4.78 is 13.9. The fourth-order valence-electron chi connectivity index (χ4n) is 1.88. The van der Waals surface area contributed by atoms with Gasteiger partial charge in [0.1, 0.15) is 0 Å². The van der Waals surface area contributed by atoms with E-state index in [2.05, 4.69) is 0 Å². The highest BCUT2D eigenvalue weighted by molar-refractivity contribution is 4.98. The molecule has 0 bridgehead atoms. The molecule has 1 aliphatic carbocycles. The Hall–Kier alpha value is -1.47. The fourth-order valence-corrected chi connectivity index (χ4v) is 1.88. The van der Waals surface area contributed by atoms with Gasteiger partial charge >= 0.3 is 5.69 Å². The van der Waals surface area contributed by atoms with Crippen molar-refractivity contribution < 1.29 is 14.6 Å². The third-order valence-corrected chi connectivity index (χ3v) is 2.94. The molecule has 0 spiro atoms. The van der Waals surface area contributed by atoms with Gasteiger partial charge in [-0.15, -0.1) is 0 Å². The number of hydrogen-bond acceptors (Lipinski definition) is 4. The lowest BCUT2D eigenvalue weighted by atomic mass is 9.77. The van der Waals surface area contributed by atoms with Crippen LogP contribution in [-0.2, 0) is 0 Å². The van der Waals surface area contributed by atoms with Gasteiger partial charge < -0.3 is 10.2 Å². The van der Waals surface area contributed by atoms with Crippen molar-refractivity contribution in [2.24, 2.45) is 5.92 Å². The summed E-state index contributed by atoms with van der Waals surface area (Å²) in [6.45, 7) is -0.182. The molecule has 1 aromatic heterocycles. The van der Waals surface area contributed by atoms with Crippen LogP contribution in [0.25, 0.3) is 0 Å². The predicted molar refractivity (Wildman–Crippen MR) is 51.5 cm³/mol. The summed E-state index contributed by atoms with van der Waals surface area (Å²) in [5, 5.41) is 18.4. The van der Waals surface area contributed by atoms with Crippen molar-refractivity contribution >= 4 is 0 Å². The second kappa shape index (κ2) is 3.84. The minimum absolute atomic E-state index is 0.182. The molecule has 6 nitrogen and oxygen atoms in total. The summed E-state index contributed by atoms with van der Waals surface area (Å²) in [6, 6.07) is -0.587. The number of rotatable bonds is 2. The van der Waals surface area contributed by atoms with Crippen LogP contribution in [0.2, 0.25) is 0 Å². The predicted octanol–water partition coefficient (Wildman–Crippen LogP) is -1.41. The van der Waals surface area contributed by atoms with Gasteiger partial charge in [0.25, 0.3) is 5.56 Å². The van der Waals surface area contributed by atoms with Crippen LogP contribution in [0.3, 0.4) is 0 Å². The minimum atomic E-state index is -1.08. The number of aliphatic hydroxyl groups excluding tert-OH is 2. The molecule has 1 saturated carbocycles. The first-order chi connectivity index (χ1) is 7.54. The van der Waals surface area contributed by atoms with E-state index in [-0.39, 0.29) is 12.5 Å². The highest BCUT2D eigenvalue weighted by Crippen LogP contribution is 2.36. The second-order valence-corrected chi connectivity index (χ2v) is 3.88. The van der Waals surface area contributed by atoms with Crippen LogP contribution >= 0.6 is 0 Å². The molecule has 0 radical (unpaired) electrons. The maximum Gasteiger partial charge on any atom is 0.328 e. The molecule has 3 atom stereocenters. The Balaban J connectivity index is 2.33. The van der Waals surface area contributed by atoms with Crippen molar-refractivity contribution in [2.45, 2.75) is 18.6 Å². The van der Waals surface area contributed by atoms with Crippen LogP contribution in [0.4, 0.5) is 4.39 Å². The van der Waals surface area contributed by atoms with Crippen LogP contribution in [0.1, 0.15) is 12.5 Å². The normalized spacial score (nSPS) is 28.8. The van der Waals surface area contributed by atoms with E-state index in [4.69, 9.17) is 5.11 Å². The largest absolute Gasteiger partial charge is 0.396 e. The Kier molecular flexibility index (Phi) is 2.64. The Morgan fingerprint density at radius 2 is 2.25 bits per heavy atom. The molecule has 0 saturated heterocycles. The molecule has 7 heteroatoms. The van der Waals surface area contributed by atoms with Crippen molar-refractivity contribution in [3.05, 3.63) is 32.9 Å². The Bertz CT molecular complexity index is 509. The number of nitrogens with zero attached hydrogens (tertiary/aromatic N) is 1. The summed E-state index contributed by atoms with van der Waals surface area (Å²) in [6.07, 6.45) is 0.263. The summed E-state index contributed by atoms with van der Waals surface area (Å²) in [4.78, 5) is 23.9. The fraction of sp³-hybridized carbons (Fsp3) is 0.556. The van der Waals surface area contributed by atoms with Gasteiger partial charge in [0, 0.05) is 12.5 Å². The van der Waals surface area contributed by atoms with Gasteiger partial charge in [0.05, 0.1) is 18.3 Å². The van der Waals surface area contributed by atoms with Crippen LogP contribution in [-0.4, -0.2) is 32.5 Å². The third kappa shape index (κ3) is 1.57. The van der Waals surface area contributed by atoms with Crippen LogP contribution in [0, 0.1) is 11.7 Å². The van der Waals surface area contributed by atoms with Crippen molar-refractivity contribution in [1.29, 1.82) is 0 Å². The number of halogens is 1. The molecule has 16 heavy (non-hydrogen) atoms. The topological polar surface area (TPSA) is 95.3 Å². The monoisotopic (exact) mass is 230 g/mol. The lowest BCUT2D eigenvalue weighted by molar-refractivity contribution is -0.0582. The quantitative estimate of drug-likeness (QED) is 0.581. The van der Waals surface area contributed by atoms with E-state index in [0.717, 1.165) is 10.8 Å². The van der Waals surface area contributed by atoms with Crippen LogP contribution < -0.4 is 11.2 Å². The van der Waals surface area contributed by atoms with E-state index in [0.29, 0.717) is 6.42 Å². The molecule has 1 fully saturated rings. The molecule has 0 amide bonds. The molecule has 1 aromatic rings. The minimum Gasteiger partial charge on any atom is -0.396 e. The summed E-state index contributed by atoms with van der Waals surface area (Å²) in [5.74, 6) is -1.37. The number of aliphatic hydroxyl groups is 2. The second-order valence-electron chi connectivity index (χ2n) is 3.88. The van der Waals surface area contributed by atoms with Gasteiger partial charge in [0.15, 0.2) is 0 Å². The molecular formula is C9H11FN2O4. The van der Waals surface area contributed by atoms with Gasteiger partial charge in [-0.3, -0.25) is 14.3 Å². The zero-order chi connectivity index (χ0) is 11.9. The lowest BCUT2D eigenvalue weighted by Crippen LogP contribution is -2.49. The van der Waals surface area contributed by atoms with E-state index >= 15 is 0 Å². The average molecular weight is 230 g/mol. The van der Waals surface area contributed by atoms with Crippen LogP contribution in [0.5, 0.6) is 0 Å². The van der Waals surface area contributed by atoms with Gasteiger partial charge in [-0.05, 0) is 6.42 Å². The van der Waals surface area contributed by atoms with E-state index in [1.54, 1.807) is 0 Å². The van der Waals surface area contributed by atoms with Crippen LogP contribution in [0.15, 0.2) is 15.8 Å². The first kappa shape index (κ1) is 11.0. The maximum atomic E-state index is 13.0. The molecule has 0 aromatic carbocycles. The van der Waals surface area contributed by atoms with E-state index in [1.807, 2.05) is 4.98 Å². The lowest BCUT2D eigenvalue weighted by Gasteiger charge is -2.40. The van der Waals surface area contributed by atoms with Crippen molar-refractivity contribution in [1.82, 2.24) is 9.55 Å². The molecule has 2 rings (SSSR count). The maximum absolute atomic E-state index is 13.0.